The predicted octanol–water partition coefficient (Wildman–Crippen LogP) is 2.75. The van der Waals surface area contributed by atoms with Crippen molar-refractivity contribution in [2.75, 3.05) is 19.5 Å². The van der Waals surface area contributed by atoms with E-state index in [2.05, 4.69) is 20.8 Å². The van der Waals surface area contributed by atoms with Crippen LogP contribution in [0.1, 0.15) is 23.5 Å². The maximum atomic E-state index is 12.0. The van der Waals surface area contributed by atoms with Gasteiger partial charge in [0.1, 0.15) is 16.5 Å². The zero-order valence-electron chi connectivity index (χ0n) is 12.8. The van der Waals surface area contributed by atoms with Gasteiger partial charge in [0.25, 0.3) is 0 Å². The third-order valence-corrected chi connectivity index (χ3v) is 3.76. The van der Waals surface area contributed by atoms with Crippen LogP contribution in [0.3, 0.4) is 0 Å². The molecule has 0 unspecified atom stereocenters. The molecule has 1 atom stereocenters. The van der Waals surface area contributed by atoms with Crippen LogP contribution in [0.5, 0.6) is 11.5 Å². The Morgan fingerprint density at radius 3 is 2.64 bits per heavy atom. The summed E-state index contributed by atoms with van der Waals surface area (Å²) in [5, 5.41) is 14.4. The molecular weight excluding hydrogens is 304 g/mol. The van der Waals surface area contributed by atoms with E-state index >= 15 is 0 Å². The van der Waals surface area contributed by atoms with Crippen LogP contribution in [0.25, 0.3) is 0 Å². The van der Waals surface area contributed by atoms with Crippen LogP contribution in [0.4, 0.5) is 9.93 Å². The molecule has 0 saturated carbocycles. The van der Waals surface area contributed by atoms with Gasteiger partial charge in [0.2, 0.25) is 5.13 Å². The minimum atomic E-state index is -0.346. The Balaban J connectivity index is 2.05. The molecule has 1 aromatic heterocycles. The summed E-state index contributed by atoms with van der Waals surface area (Å²) in [5.74, 6) is 1.35. The first-order valence-corrected chi connectivity index (χ1v) is 7.44. The number of rotatable bonds is 5. The number of carbonyl (C=O) groups is 1. The van der Waals surface area contributed by atoms with Crippen molar-refractivity contribution < 1.29 is 14.3 Å². The van der Waals surface area contributed by atoms with E-state index < -0.39 is 0 Å². The van der Waals surface area contributed by atoms with Crippen LogP contribution >= 0.6 is 11.3 Å². The number of ether oxygens (including phenoxy) is 2. The number of amides is 2. The lowest BCUT2D eigenvalue weighted by atomic mass is 10.1. The fourth-order valence-corrected chi connectivity index (χ4v) is 2.52. The van der Waals surface area contributed by atoms with Crippen LogP contribution in [-0.2, 0) is 0 Å². The van der Waals surface area contributed by atoms with Gasteiger partial charge >= 0.3 is 6.03 Å². The Hall–Kier alpha value is -2.35. The van der Waals surface area contributed by atoms with Gasteiger partial charge in [-0.15, -0.1) is 10.2 Å². The average Bonchev–Trinajstić information content (AvgIpc) is 2.91. The number of nitrogens with one attached hydrogen (secondary N) is 2. The summed E-state index contributed by atoms with van der Waals surface area (Å²) in [5.41, 5.74) is 0.854. The van der Waals surface area contributed by atoms with Gasteiger partial charge < -0.3 is 14.8 Å². The topological polar surface area (TPSA) is 85.4 Å². The maximum absolute atomic E-state index is 12.0. The van der Waals surface area contributed by atoms with Crippen LogP contribution in [0.15, 0.2) is 18.2 Å². The molecule has 0 fully saturated rings. The van der Waals surface area contributed by atoms with Crippen molar-refractivity contribution in [2.45, 2.75) is 19.9 Å². The maximum Gasteiger partial charge on any atom is 0.321 e. The molecule has 0 aliphatic heterocycles. The number of anilines is 1. The number of hydrogen-bond acceptors (Lipinski definition) is 6. The van der Waals surface area contributed by atoms with Gasteiger partial charge in [0.15, 0.2) is 0 Å². The summed E-state index contributed by atoms with van der Waals surface area (Å²) in [4.78, 5) is 12.0. The number of carbonyl (C=O) groups excluding carboxylic acids is 1. The molecule has 0 aliphatic rings. The quantitative estimate of drug-likeness (QED) is 0.884. The third kappa shape index (κ3) is 3.85. The van der Waals surface area contributed by atoms with Crippen LogP contribution in [0.2, 0.25) is 0 Å². The van der Waals surface area contributed by atoms with E-state index in [9.17, 15) is 4.79 Å². The molecular formula is C14H18N4O3S. The van der Waals surface area contributed by atoms with E-state index in [1.54, 1.807) is 20.3 Å². The Bertz CT molecular complexity index is 659. The standard InChI is InChI=1S/C14H18N4O3S/c1-8(11-6-5-10(20-3)7-12(11)21-4)15-13(19)16-14-18-17-9(2)22-14/h5-8H,1-4H3,(H2,15,16,18,19)/t8-/m1/s1. The number of benzene rings is 1. The molecule has 2 N–H and O–H groups in total. The van der Waals surface area contributed by atoms with E-state index in [4.69, 9.17) is 9.47 Å². The van der Waals surface area contributed by atoms with E-state index in [0.29, 0.717) is 16.6 Å². The molecule has 1 aromatic carbocycles. The van der Waals surface area contributed by atoms with E-state index in [-0.39, 0.29) is 12.1 Å². The molecule has 0 aliphatic carbocycles. The number of methoxy groups -OCH3 is 2. The summed E-state index contributed by atoms with van der Waals surface area (Å²) in [7, 11) is 3.17. The molecule has 0 bridgehead atoms. The number of nitrogens with zero attached hydrogens (tertiary/aromatic N) is 2. The molecule has 8 heteroatoms. The molecule has 7 nitrogen and oxygen atoms in total. The highest BCUT2D eigenvalue weighted by Crippen LogP contribution is 2.29. The molecule has 118 valence electrons. The first-order valence-electron chi connectivity index (χ1n) is 6.63. The predicted molar refractivity (Wildman–Crippen MR) is 84.8 cm³/mol. The minimum absolute atomic E-state index is 0.241. The summed E-state index contributed by atoms with van der Waals surface area (Å²) in [6, 6.07) is 4.87. The Kier molecular flexibility index (Phi) is 5.16. The SMILES string of the molecule is COc1ccc([C@@H](C)NC(=O)Nc2nnc(C)s2)c(OC)c1. The van der Waals surface area contributed by atoms with Crippen LogP contribution in [-0.4, -0.2) is 30.4 Å². The molecule has 0 saturated heterocycles. The fraction of sp³-hybridized carbons (Fsp3) is 0.357. The zero-order chi connectivity index (χ0) is 16.1. The second-order valence-electron chi connectivity index (χ2n) is 4.55. The van der Waals surface area contributed by atoms with Gasteiger partial charge in [-0.05, 0) is 26.0 Å². The number of aryl methyl sites for hydroxylation is 1. The molecule has 2 amide bonds. The zero-order valence-corrected chi connectivity index (χ0v) is 13.7. The minimum Gasteiger partial charge on any atom is -0.497 e. The van der Waals surface area contributed by atoms with E-state index in [1.165, 1.54) is 11.3 Å². The van der Waals surface area contributed by atoms with Crippen molar-refractivity contribution in [3.05, 3.63) is 28.8 Å². The highest BCUT2D eigenvalue weighted by atomic mass is 32.1. The highest BCUT2D eigenvalue weighted by Gasteiger charge is 2.15. The summed E-state index contributed by atoms with van der Waals surface area (Å²) >= 11 is 1.32. The van der Waals surface area contributed by atoms with E-state index in [0.717, 1.165) is 10.6 Å². The van der Waals surface area contributed by atoms with Crippen molar-refractivity contribution >= 4 is 22.5 Å². The lowest BCUT2D eigenvalue weighted by Crippen LogP contribution is -2.31. The van der Waals surface area contributed by atoms with E-state index in [1.807, 2.05) is 26.0 Å². The normalized spacial score (nSPS) is 11.6. The molecule has 2 aromatic rings. The van der Waals surface area contributed by atoms with Crippen molar-refractivity contribution in [3.63, 3.8) is 0 Å². The third-order valence-electron chi connectivity index (χ3n) is 3.00. The molecule has 0 spiro atoms. The molecule has 22 heavy (non-hydrogen) atoms. The summed E-state index contributed by atoms with van der Waals surface area (Å²) < 4.78 is 10.5. The molecule has 2 rings (SSSR count). The Morgan fingerprint density at radius 2 is 2.05 bits per heavy atom. The second-order valence-corrected chi connectivity index (χ2v) is 5.74. The summed E-state index contributed by atoms with van der Waals surface area (Å²) in [6.45, 7) is 3.70. The largest absolute Gasteiger partial charge is 0.497 e. The van der Waals surface area contributed by atoms with Gasteiger partial charge in [-0.1, -0.05) is 11.3 Å². The second kappa shape index (κ2) is 7.08. The van der Waals surface area contributed by atoms with Crippen molar-refractivity contribution in [3.8, 4) is 11.5 Å². The van der Waals surface area contributed by atoms with Crippen LogP contribution in [0, 0.1) is 6.92 Å². The highest BCUT2D eigenvalue weighted by molar-refractivity contribution is 7.15. The molecule has 1 heterocycles. The monoisotopic (exact) mass is 322 g/mol. The molecule has 0 radical (unpaired) electrons. The van der Waals surface area contributed by atoms with Crippen LogP contribution < -0.4 is 20.1 Å². The van der Waals surface area contributed by atoms with Gasteiger partial charge in [0, 0.05) is 11.6 Å². The number of urea groups is 1. The lowest BCUT2D eigenvalue weighted by molar-refractivity contribution is 0.249. The number of hydrogen-bond donors (Lipinski definition) is 2. The average molecular weight is 322 g/mol. The first kappa shape index (κ1) is 16.0. The first-order chi connectivity index (χ1) is 10.5. The van der Waals surface area contributed by atoms with Gasteiger partial charge in [-0.2, -0.15) is 0 Å². The van der Waals surface area contributed by atoms with Crippen molar-refractivity contribution in [2.24, 2.45) is 0 Å². The summed E-state index contributed by atoms with van der Waals surface area (Å²) in [6.07, 6.45) is 0. The Labute approximate surface area is 132 Å². The van der Waals surface area contributed by atoms with Crippen molar-refractivity contribution in [1.82, 2.24) is 15.5 Å². The number of aromatic nitrogens is 2. The van der Waals surface area contributed by atoms with Crippen molar-refractivity contribution in [1.29, 1.82) is 0 Å². The van der Waals surface area contributed by atoms with Gasteiger partial charge in [0.05, 0.1) is 20.3 Å². The smallest absolute Gasteiger partial charge is 0.321 e. The lowest BCUT2D eigenvalue weighted by Gasteiger charge is -2.17. The van der Waals surface area contributed by atoms with Gasteiger partial charge in [-0.25, -0.2) is 4.79 Å². The fourth-order valence-electron chi connectivity index (χ4n) is 1.93. The van der Waals surface area contributed by atoms with Gasteiger partial charge in [-0.3, -0.25) is 5.32 Å². The Morgan fingerprint density at radius 1 is 1.27 bits per heavy atom.